The minimum atomic E-state index is -0.427. The fraction of sp³-hybridized carbons (Fsp3) is 0.105. The number of aromatic nitrogens is 1. The van der Waals surface area contributed by atoms with Crippen LogP contribution in [-0.2, 0) is 0 Å². The van der Waals surface area contributed by atoms with Crippen LogP contribution < -0.4 is 5.43 Å². The van der Waals surface area contributed by atoms with Crippen molar-refractivity contribution in [3.8, 4) is 5.69 Å². The minimum Gasteiger partial charge on any atom is -0.318 e. The first-order valence-electron chi connectivity index (χ1n) is 7.94. The molecule has 0 fully saturated rings. The molecule has 0 spiro atoms. The van der Waals surface area contributed by atoms with Crippen molar-refractivity contribution < 1.29 is 4.92 Å². The lowest BCUT2D eigenvalue weighted by Crippen LogP contribution is -1.99. The molecule has 1 aromatic heterocycles. The number of nitro benzene ring substituents is 1. The van der Waals surface area contributed by atoms with E-state index in [2.05, 4.69) is 74.9 Å². The highest BCUT2D eigenvalue weighted by atomic mass is 127. The second-order valence-electron chi connectivity index (χ2n) is 5.82. The van der Waals surface area contributed by atoms with Gasteiger partial charge in [0.15, 0.2) is 0 Å². The van der Waals surface area contributed by atoms with Gasteiger partial charge >= 0.3 is 0 Å². The number of anilines is 1. The standard InChI is InChI=1S/C19H17IN4O2/c1-13-10-15(14(2)23(13)18-8-6-16(20)7-9-18)12-21-22-17-4-3-5-19(11-17)24(25)26/h3-12,22H,1-2H3. The highest BCUT2D eigenvalue weighted by Gasteiger charge is 2.09. The van der Waals surface area contributed by atoms with Gasteiger partial charge in [-0.2, -0.15) is 5.10 Å². The maximum absolute atomic E-state index is 10.8. The number of hydrazone groups is 1. The van der Waals surface area contributed by atoms with Crippen LogP contribution in [0, 0.1) is 27.5 Å². The van der Waals surface area contributed by atoms with E-state index in [0.29, 0.717) is 5.69 Å². The number of hydrogen-bond acceptors (Lipinski definition) is 4. The Hall–Kier alpha value is -2.68. The normalized spacial score (nSPS) is 11.0. The van der Waals surface area contributed by atoms with Crippen LogP contribution in [0.4, 0.5) is 11.4 Å². The summed E-state index contributed by atoms with van der Waals surface area (Å²) >= 11 is 2.29. The summed E-state index contributed by atoms with van der Waals surface area (Å²) in [6, 6.07) is 16.6. The summed E-state index contributed by atoms with van der Waals surface area (Å²) in [5.74, 6) is 0. The molecule has 0 radical (unpaired) electrons. The van der Waals surface area contributed by atoms with Gasteiger partial charge in [-0.15, -0.1) is 0 Å². The number of nitrogens with one attached hydrogen (secondary N) is 1. The lowest BCUT2D eigenvalue weighted by Gasteiger charge is -2.09. The van der Waals surface area contributed by atoms with E-state index in [1.54, 1.807) is 18.3 Å². The topological polar surface area (TPSA) is 72.5 Å². The molecule has 0 bridgehead atoms. The van der Waals surface area contributed by atoms with E-state index in [1.807, 2.05) is 6.92 Å². The zero-order valence-corrected chi connectivity index (χ0v) is 16.5. The lowest BCUT2D eigenvalue weighted by molar-refractivity contribution is -0.384. The van der Waals surface area contributed by atoms with Crippen molar-refractivity contribution in [3.05, 3.63) is 85.2 Å². The summed E-state index contributed by atoms with van der Waals surface area (Å²) in [6.07, 6.45) is 1.73. The molecule has 0 amide bonds. The maximum Gasteiger partial charge on any atom is 0.271 e. The van der Waals surface area contributed by atoms with Crippen LogP contribution in [0.15, 0.2) is 59.7 Å². The Labute approximate surface area is 164 Å². The number of rotatable bonds is 5. The third-order valence-corrected chi connectivity index (χ3v) is 4.73. The molecule has 0 aliphatic carbocycles. The smallest absolute Gasteiger partial charge is 0.271 e. The van der Waals surface area contributed by atoms with Gasteiger partial charge in [-0.05, 0) is 72.8 Å². The second kappa shape index (κ2) is 7.69. The second-order valence-corrected chi connectivity index (χ2v) is 7.06. The maximum atomic E-state index is 10.8. The summed E-state index contributed by atoms with van der Waals surface area (Å²) in [7, 11) is 0. The minimum absolute atomic E-state index is 0.0297. The summed E-state index contributed by atoms with van der Waals surface area (Å²) in [6.45, 7) is 4.09. The molecule has 6 nitrogen and oxygen atoms in total. The van der Waals surface area contributed by atoms with Gasteiger partial charge in [0.05, 0.1) is 16.8 Å². The van der Waals surface area contributed by atoms with E-state index in [4.69, 9.17) is 0 Å². The van der Waals surface area contributed by atoms with Crippen LogP contribution >= 0.6 is 22.6 Å². The average molecular weight is 460 g/mol. The van der Waals surface area contributed by atoms with Crippen LogP contribution in [0.1, 0.15) is 17.0 Å². The molecule has 3 rings (SSSR count). The van der Waals surface area contributed by atoms with Gasteiger partial charge in [0.25, 0.3) is 5.69 Å². The largest absolute Gasteiger partial charge is 0.318 e. The van der Waals surface area contributed by atoms with Gasteiger partial charge in [-0.3, -0.25) is 15.5 Å². The summed E-state index contributed by atoms with van der Waals surface area (Å²) in [4.78, 5) is 10.4. The third kappa shape index (κ3) is 3.93. The molecule has 1 heterocycles. The molecule has 7 heteroatoms. The van der Waals surface area contributed by atoms with Crippen LogP contribution in [0.5, 0.6) is 0 Å². The third-order valence-electron chi connectivity index (χ3n) is 4.01. The fourth-order valence-corrected chi connectivity index (χ4v) is 3.13. The van der Waals surface area contributed by atoms with Gasteiger partial charge in [0, 0.05) is 38.3 Å². The van der Waals surface area contributed by atoms with Crippen LogP contribution in [0.25, 0.3) is 5.69 Å². The first-order valence-corrected chi connectivity index (χ1v) is 9.02. The molecule has 0 atom stereocenters. The zero-order valence-electron chi connectivity index (χ0n) is 14.3. The molecular formula is C19H17IN4O2. The lowest BCUT2D eigenvalue weighted by atomic mass is 10.2. The molecule has 26 heavy (non-hydrogen) atoms. The highest BCUT2D eigenvalue weighted by molar-refractivity contribution is 14.1. The number of halogens is 1. The zero-order chi connectivity index (χ0) is 18.7. The summed E-state index contributed by atoms with van der Waals surface area (Å²) in [5, 5.41) is 15.0. The Morgan fingerprint density at radius 3 is 2.58 bits per heavy atom. The predicted octanol–water partition coefficient (Wildman–Crippen LogP) is 5.05. The monoisotopic (exact) mass is 460 g/mol. The summed E-state index contributed by atoms with van der Waals surface area (Å²) < 4.78 is 3.36. The Morgan fingerprint density at radius 1 is 1.15 bits per heavy atom. The molecule has 3 aromatic rings. The van der Waals surface area contributed by atoms with E-state index < -0.39 is 4.92 Å². The Balaban J connectivity index is 1.81. The van der Waals surface area contributed by atoms with Gasteiger partial charge < -0.3 is 4.57 Å². The van der Waals surface area contributed by atoms with Crippen molar-refractivity contribution in [2.24, 2.45) is 5.10 Å². The van der Waals surface area contributed by atoms with Crippen molar-refractivity contribution in [1.29, 1.82) is 0 Å². The molecule has 0 aliphatic heterocycles. The Bertz CT molecular complexity index is 978. The van der Waals surface area contributed by atoms with Crippen LogP contribution in [0.3, 0.4) is 0 Å². The Kier molecular flexibility index (Phi) is 5.36. The first-order chi connectivity index (χ1) is 12.5. The molecule has 0 aliphatic rings. The van der Waals surface area contributed by atoms with E-state index >= 15 is 0 Å². The summed E-state index contributed by atoms with van der Waals surface area (Å²) in [5.41, 5.74) is 7.72. The molecular weight excluding hydrogens is 443 g/mol. The van der Waals surface area contributed by atoms with Crippen LogP contribution in [0.2, 0.25) is 0 Å². The predicted molar refractivity (Wildman–Crippen MR) is 112 cm³/mol. The number of nitrogens with zero attached hydrogens (tertiary/aromatic N) is 3. The molecule has 2 aromatic carbocycles. The fourth-order valence-electron chi connectivity index (χ4n) is 2.77. The number of hydrogen-bond donors (Lipinski definition) is 1. The SMILES string of the molecule is Cc1cc(C=NNc2cccc([N+](=O)[O-])c2)c(C)n1-c1ccc(I)cc1. The van der Waals surface area contributed by atoms with Gasteiger partial charge in [-0.1, -0.05) is 6.07 Å². The molecule has 132 valence electrons. The van der Waals surface area contributed by atoms with Gasteiger partial charge in [0.2, 0.25) is 0 Å². The van der Waals surface area contributed by atoms with Crippen molar-refractivity contribution in [2.45, 2.75) is 13.8 Å². The van der Waals surface area contributed by atoms with Crippen molar-refractivity contribution in [1.82, 2.24) is 4.57 Å². The van der Waals surface area contributed by atoms with E-state index in [9.17, 15) is 10.1 Å². The van der Waals surface area contributed by atoms with E-state index in [0.717, 1.165) is 22.6 Å². The molecule has 1 N–H and O–H groups in total. The van der Waals surface area contributed by atoms with E-state index in [-0.39, 0.29) is 5.69 Å². The molecule has 0 unspecified atom stereocenters. The highest BCUT2D eigenvalue weighted by Crippen LogP contribution is 2.21. The molecule has 0 saturated carbocycles. The van der Waals surface area contributed by atoms with E-state index in [1.165, 1.54) is 15.7 Å². The Morgan fingerprint density at radius 2 is 1.88 bits per heavy atom. The van der Waals surface area contributed by atoms with Gasteiger partial charge in [0.1, 0.15) is 0 Å². The van der Waals surface area contributed by atoms with Crippen molar-refractivity contribution in [3.63, 3.8) is 0 Å². The number of non-ortho nitro benzene ring substituents is 1. The van der Waals surface area contributed by atoms with Crippen LogP contribution in [-0.4, -0.2) is 15.7 Å². The van der Waals surface area contributed by atoms with Gasteiger partial charge in [-0.25, -0.2) is 0 Å². The number of aryl methyl sites for hydroxylation is 1. The average Bonchev–Trinajstić information content (AvgIpc) is 2.90. The van der Waals surface area contributed by atoms with Crippen molar-refractivity contribution >= 4 is 40.2 Å². The number of benzene rings is 2. The molecule has 0 saturated heterocycles. The quantitative estimate of drug-likeness (QED) is 0.251. The van der Waals surface area contributed by atoms with Crippen molar-refractivity contribution in [2.75, 3.05) is 5.43 Å². The first kappa shape index (κ1) is 18.1. The number of nitro groups is 1.